The number of nitrogens with one attached hydrogen (secondary N) is 1. The van der Waals surface area contributed by atoms with Gasteiger partial charge in [0.1, 0.15) is 12.4 Å². The molecule has 0 spiro atoms. The average Bonchev–Trinajstić information content (AvgIpc) is 2.44. The van der Waals surface area contributed by atoms with E-state index in [0.717, 1.165) is 11.3 Å². The Morgan fingerprint density at radius 1 is 1.58 bits per heavy atom. The fourth-order valence-corrected chi connectivity index (χ4v) is 2.30. The Kier molecular flexibility index (Phi) is 5.05. The van der Waals surface area contributed by atoms with Crippen LogP contribution in [-0.4, -0.2) is 38.2 Å². The summed E-state index contributed by atoms with van der Waals surface area (Å²) >= 11 is 5.97. The predicted molar refractivity (Wildman–Crippen MR) is 73.7 cm³/mol. The van der Waals surface area contributed by atoms with Gasteiger partial charge in [-0.25, -0.2) is 0 Å². The minimum absolute atomic E-state index is 0.0174. The van der Waals surface area contributed by atoms with Crippen molar-refractivity contribution in [2.24, 2.45) is 5.92 Å². The molecule has 0 saturated heterocycles. The standard InChI is InChI=1S/C14H18ClNO3/c1-18-9-12(15)7-16-14(17)11-6-10-4-2-3-5-13(10)19-8-11/h2-5,11-12H,6-9H2,1H3,(H,16,17). The second kappa shape index (κ2) is 6.78. The molecule has 1 aliphatic rings. The van der Waals surface area contributed by atoms with Crippen LogP contribution in [-0.2, 0) is 16.0 Å². The number of halogens is 1. The molecule has 2 rings (SSSR count). The van der Waals surface area contributed by atoms with Crippen LogP contribution in [0, 0.1) is 5.92 Å². The first-order valence-corrected chi connectivity index (χ1v) is 6.75. The van der Waals surface area contributed by atoms with Crippen LogP contribution in [0.2, 0.25) is 0 Å². The average molecular weight is 284 g/mol. The van der Waals surface area contributed by atoms with Gasteiger partial charge >= 0.3 is 0 Å². The molecule has 2 atom stereocenters. The van der Waals surface area contributed by atoms with Gasteiger partial charge in [0.05, 0.1) is 17.9 Å². The van der Waals surface area contributed by atoms with Crippen LogP contribution in [0.25, 0.3) is 0 Å². The van der Waals surface area contributed by atoms with Crippen LogP contribution < -0.4 is 10.1 Å². The molecule has 0 saturated carbocycles. The van der Waals surface area contributed by atoms with Gasteiger partial charge in [0.25, 0.3) is 0 Å². The highest BCUT2D eigenvalue weighted by atomic mass is 35.5. The van der Waals surface area contributed by atoms with Gasteiger partial charge in [0, 0.05) is 13.7 Å². The molecule has 104 valence electrons. The molecule has 0 fully saturated rings. The van der Waals surface area contributed by atoms with Crippen LogP contribution in [0.4, 0.5) is 0 Å². The number of hydrogen-bond acceptors (Lipinski definition) is 3. The molecule has 1 aromatic carbocycles. The van der Waals surface area contributed by atoms with Crippen molar-refractivity contribution in [2.75, 3.05) is 26.9 Å². The molecule has 4 nitrogen and oxygen atoms in total. The summed E-state index contributed by atoms with van der Waals surface area (Å²) in [6, 6.07) is 7.80. The van der Waals surface area contributed by atoms with Gasteiger partial charge in [-0.05, 0) is 18.1 Å². The van der Waals surface area contributed by atoms with E-state index in [4.69, 9.17) is 21.1 Å². The smallest absolute Gasteiger partial charge is 0.226 e. The van der Waals surface area contributed by atoms with Crippen molar-refractivity contribution in [3.63, 3.8) is 0 Å². The highest BCUT2D eigenvalue weighted by Crippen LogP contribution is 2.26. The van der Waals surface area contributed by atoms with E-state index in [0.29, 0.717) is 26.2 Å². The third-order valence-electron chi connectivity index (χ3n) is 3.10. The maximum Gasteiger partial charge on any atom is 0.226 e. The number of alkyl halides is 1. The molecule has 0 bridgehead atoms. The van der Waals surface area contributed by atoms with Crippen molar-refractivity contribution >= 4 is 17.5 Å². The van der Waals surface area contributed by atoms with Crippen molar-refractivity contribution in [1.29, 1.82) is 0 Å². The van der Waals surface area contributed by atoms with Crippen LogP contribution in [0.1, 0.15) is 5.56 Å². The quantitative estimate of drug-likeness (QED) is 0.835. The van der Waals surface area contributed by atoms with Crippen molar-refractivity contribution in [3.05, 3.63) is 29.8 Å². The Morgan fingerprint density at radius 3 is 3.16 bits per heavy atom. The molecule has 5 heteroatoms. The van der Waals surface area contributed by atoms with E-state index >= 15 is 0 Å². The maximum atomic E-state index is 12.0. The molecule has 1 N–H and O–H groups in total. The number of rotatable bonds is 5. The fourth-order valence-electron chi connectivity index (χ4n) is 2.09. The second-order valence-corrected chi connectivity index (χ2v) is 5.23. The van der Waals surface area contributed by atoms with Crippen LogP contribution in [0.3, 0.4) is 0 Å². The first-order valence-electron chi connectivity index (χ1n) is 6.32. The highest BCUT2D eigenvalue weighted by molar-refractivity contribution is 6.21. The van der Waals surface area contributed by atoms with E-state index in [9.17, 15) is 4.79 Å². The molecule has 1 heterocycles. The molecule has 1 aromatic rings. The lowest BCUT2D eigenvalue weighted by molar-refractivity contribution is -0.126. The first-order chi connectivity index (χ1) is 9.20. The lowest BCUT2D eigenvalue weighted by Crippen LogP contribution is -2.40. The van der Waals surface area contributed by atoms with Crippen LogP contribution in [0.15, 0.2) is 24.3 Å². The van der Waals surface area contributed by atoms with Gasteiger partial charge in [-0.3, -0.25) is 4.79 Å². The highest BCUT2D eigenvalue weighted by Gasteiger charge is 2.25. The third kappa shape index (κ3) is 3.85. The Morgan fingerprint density at radius 2 is 2.37 bits per heavy atom. The second-order valence-electron chi connectivity index (χ2n) is 4.62. The van der Waals surface area contributed by atoms with E-state index in [1.807, 2.05) is 24.3 Å². The van der Waals surface area contributed by atoms with Gasteiger partial charge in [0.2, 0.25) is 5.91 Å². The summed E-state index contributed by atoms with van der Waals surface area (Å²) in [6.07, 6.45) is 0.708. The summed E-state index contributed by atoms with van der Waals surface area (Å²) < 4.78 is 10.5. The summed E-state index contributed by atoms with van der Waals surface area (Å²) in [5.41, 5.74) is 1.08. The molecular weight excluding hydrogens is 266 g/mol. The Labute approximate surface area is 118 Å². The number of amides is 1. The summed E-state index contributed by atoms with van der Waals surface area (Å²) in [5.74, 6) is 0.707. The third-order valence-corrected chi connectivity index (χ3v) is 3.38. The Hall–Kier alpha value is -1.26. The summed E-state index contributed by atoms with van der Waals surface area (Å²) in [6.45, 7) is 1.25. The molecule has 2 unspecified atom stereocenters. The lowest BCUT2D eigenvalue weighted by atomic mass is 9.96. The monoisotopic (exact) mass is 283 g/mol. The van der Waals surface area contributed by atoms with Crippen molar-refractivity contribution in [3.8, 4) is 5.75 Å². The summed E-state index contributed by atoms with van der Waals surface area (Å²) in [4.78, 5) is 12.0. The van der Waals surface area contributed by atoms with Crippen molar-refractivity contribution in [2.45, 2.75) is 11.8 Å². The van der Waals surface area contributed by atoms with Gasteiger partial charge in [-0.15, -0.1) is 11.6 Å². The summed E-state index contributed by atoms with van der Waals surface area (Å²) in [7, 11) is 1.59. The zero-order valence-electron chi connectivity index (χ0n) is 10.9. The normalized spacial score (nSPS) is 19.2. The van der Waals surface area contributed by atoms with Gasteiger partial charge < -0.3 is 14.8 Å². The molecule has 1 aliphatic heterocycles. The number of ether oxygens (including phenoxy) is 2. The minimum Gasteiger partial charge on any atom is -0.492 e. The molecule has 0 aliphatic carbocycles. The number of hydrogen-bond donors (Lipinski definition) is 1. The largest absolute Gasteiger partial charge is 0.492 e. The van der Waals surface area contributed by atoms with Crippen molar-refractivity contribution in [1.82, 2.24) is 5.32 Å². The topological polar surface area (TPSA) is 47.6 Å². The minimum atomic E-state index is -0.203. The number of carbonyl (C=O) groups is 1. The number of benzene rings is 1. The van der Waals surface area contributed by atoms with Gasteiger partial charge in [-0.1, -0.05) is 18.2 Å². The number of para-hydroxylation sites is 1. The Balaban J connectivity index is 1.85. The SMILES string of the molecule is COCC(Cl)CNC(=O)C1COc2ccccc2C1. The summed E-state index contributed by atoms with van der Waals surface area (Å²) in [5, 5.41) is 2.63. The number of methoxy groups -OCH3 is 1. The van der Waals surface area contributed by atoms with Crippen LogP contribution in [0.5, 0.6) is 5.75 Å². The number of carbonyl (C=O) groups excluding carboxylic acids is 1. The molecule has 19 heavy (non-hydrogen) atoms. The molecule has 0 radical (unpaired) electrons. The molecular formula is C14H18ClNO3. The van der Waals surface area contributed by atoms with Crippen molar-refractivity contribution < 1.29 is 14.3 Å². The number of fused-ring (bicyclic) bond motifs is 1. The lowest BCUT2D eigenvalue weighted by Gasteiger charge is -2.24. The predicted octanol–water partition coefficient (Wildman–Crippen LogP) is 1.61. The van der Waals surface area contributed by atoms with Gasteiger partial charge in [0.15, 0.2) is 0 Å². The van der Waals surface area contributed by atoms with E-state index in [-0.39, 0.29) is 17.2 Å². The zero-order chi connectivity index (χ0) is 13.7. The zero-order valence-corrected chi connectivity index (χ0v) is 11.7. The Bertz CT molecular complexity index is 438. The van der Waals surface area contributed by atoms with E-state index in [1.54, 1.807) is 7.11 Å². The first kappa shape index (κ1) is 14.2. The maximum absolute atomic E-state index is 12.0. The van der Waals surface area contributed by atoms with Gasteiger partial charge in [-0.2, -0.15) is 0 Å². The van der Waals surface area contributed by atoms with E-state index in [1.165, 1.54) is 0 Å². The van der Waals surface area contributed by atoms with E-state index in [2.05, 4.69) is 5.32 Å². The molecule has 1 amide bonds. The van der Waals surface area contributed by atoms with E-state index < -0.39 is 0 Å². The fraction of sp³-hybridized carbons (Fsp3) is 0.500. The van der Waals surface area contributed by atoms with Crippen LogP contribution >= 0.6 is 11.6 Å². The molecule has 0 aromatic heterocycles.